The molecule has 128 valence electrons. The lowest BCUT2D eigenvalue weighted by molar-refractivity contribution is -0.0355. The number of nitrogens with zero attached hydrogens (tertiary/aromatic N) is 3. The van der Waals surface area contributed by atoms with Gasteiger partial charge >= 0.3 is 5.69 Å². The molecule has 0 aromatic carbocycles. The van der Waals surface area contributed by atoms with Crippen LogP contribution in [0.5, 0.6) is 0 Å². The third-order valence-electron chi connectivity index (χ3n) is 3.56. The maximum atomic E-state index is 14.1. The van der Waals surface area contributed by atoms with E-state index in [1.807, 2.05) is 0 Å². The van der Waals surface area contributed by atoms with E-state index in [9.17, 15) is 19.4 Å². The number of aliphatic hydroxyl groups excluding tert-OH is 2. The molecule has 1 fully saturated rings. The summed E-state index contributed by atoms with van der Waals surface area (Å²) < 4.78 is 25.2. The van der Waals surface area contributed by atoms with Crippen molar-refractivity contribution in [3.05, 3.63) is 46.7 Å². The molecule has 4 atom stereocenters. The molecule has 0 saturated carbocycles. The first-order valence-electron chi connectivity index (χ1n) is 7.10. The summed E-state index contributed by atoms with van der Waals surface area (Å²) in [6.07, 6.45) is -0.895. The molecule has 1 aliphatic rings. The van der Waals surface area contributed by atoms with Crippen LogP contribution in [0.1, 0.15) is 18.9 Å². The zero-order valence-corrected chi connectivity index (χ0v) is 12.5. The fraction of sp³-hybridized carbons (Fsp3) is 0.357. The van der Waals surface area contributed by atoms with Crippen LogP contribution in [0.25, 0.3) is 0 Å². The Balaban J connectivity index is 1.80. The molecular weight excluding hydrogens is 323 g/mol. The SMILES string of the molecule is C[C@H]1O[C@@H](n2cc(F)c(N/N=C/c3ccco3)nc2=O)[C@H](O)[C@@H]1O. The number of aromatic nitrogens is 2. The Morgan fingerprint density at radius 2 is 2.25 bits per heavy atom. The summed E-state index contributed by atoms with van der Waals surface area (Å²) in [6, 6.07) is 3.29. The van der Waals surface area contributed by atoms with Crippen LogP contribution in [0.4, 0.5) is 10.2 Å². The van der Waals surface area contributed by atoms with Crippen LogP contribution in [0.2, 0.25) is 0 Å². The van der Waals surface area contributed by atoms with Crippen molar-refractivity contribution in [2.45, 2.75) is 31.5 Å². The molecule has 0 bridgehead atoms. The van der Waals surface area contributed by atoms with Gasteiger partial charge in [-0.05, 0) is 19.1 Å². The molecule has 0 spiro atoms. The molecule has 0 aliphatic carbocycles. The third-order valence-corrected chi connectivity index (χ3v) is 3.56. The van der Waals surface area contributed by atoms with E-state index in [0.29, 0.717) is 5.76 Å². The number of rotatable bonds is 4. The second-order valence-electron chi connectivity index (χ2n) is 5.23. The molecule has 24 heavy (non-hydrogen) atoms. The first kappa shape index (κ1) is 16.3. The normalized spacial score (nSPS) is 27.0. The first-order valence-corrected chi connectivity index (χ1v) is 7.10. The van der Waals surface area contributed by atoms with Crippen LogP contribution in [0.3, 0.4) is 0 Å². The van der Waals surface area contributed by atoms with E-state index in [1.165, 1.54) is 19.4 Å². The minimum absolute atomic E-state index is 0.389. The van der Waals surface area contributed by atoms with Crippen molar-refractivity contribution in [2.75, 3.05) is 5.43 Å². The maximum Gasteiger partial charge on any atom is 0.351 e. The van der Waals surface area contributed by atoms with Crippen molar-refractivity contribution in [3.63, 3.8) is 0 Å². The molecule has 3 heterocycles. The van der Waals surface area contributed by atoms with Crippen LogP contribution in [-0.4, -0.2) is 44.3 Å². The molecule has 2 aromatic rings. The Hall–Kier alpha value is -2.56. The zero-order chi connectivity index (χ0) is 17.3. The Morgan fingerprint density at radius 3 is 2.88 bits per heavy atom. The van der Waals surface area contributed by atoms with E-state index < -0.39 is 36.0 Å². The van der Waals surface area contributed by atoms with E-state index in [2.05, 4.69) is 15.5 Å². The van der Waals surface area contributed by atoms with Crippen LogP contribution in [-0.2, 0) is 4.74 Å². The summed E-state index contributed by atoms with van der Waals surface area (Å²) in [6.45, 7) is 1.53. The van der Waals surface area contributed by atoms with Gasteiger partial charge in [0, 0.05) is 0 Å². The third kappa shape index (κ3) is 3.07. The Morgan fingerprint density at radius 1 is 1.46 bits per heavy atom. The quantitative estimate of drug-likeness (QED) is 0.532. The summed E-state index contributed by atoms with van der Waals surface area (Å²) in [5.74, 6) is -0.835. The standard InChI is InChI=1S/C14H15FN4O5/c1-7-10(20)11(21)13(24-7)19-6-9(15)12(17-14(19)22)18-16-5-8-3-2-4-23-8/h2-7,10-11,13,20-21H,1H3,(H,17,18,22)/b16-5+/t7-,10-,11-,13-/m1/s1. The zero-order valence-electron chi connectivity index (χ0n) is 12.5. The van der Waals surface area contributed by atoms with Gasteiger partial charge in [-0.2, -0.15) is 10.1 Å². The lowest BCUT2D eigenvalue weighted by Gasteiger charge is -2.17. The highest BCUT2D eigenvalue weighted by Crippen LogP contribution is 2.28. The number of halogens is 1. The van der Waals surface area contributed by atoms with Gasteiger partial charge in [0.25, 0.3) is 0 Å². The molecule has 10 heteroatoms. The minimum atomic E-state index is -1.37. The molecular formula is C14H15FN4O5. The van der Waals surface area contributed by atoms with Gasteiger partial charge < -0.3 is 19.4 Å². The number of hydrogen-bond acceptors (Lipinski definition) is 8. The van der Waals surface area contributed by atoms with E-state index in [4.69, 9.17) is 9.15 Å². The number of aliphatic hydroxyl groups is 2. The molecule has 1 saturated heterocycles. The van der Waals surface area contributed by atoms with Gasteiger partial charge in [-0.25, -0.2) is 9.18 Å². The van der Waals surface area contributed by atoms with Gasteiger partial charge in [0.2, 0.25) is 0 Å². The van der Waals surface area contributed by atoms with E-state index in [-0.39, 0.29) is 5.82 Å². The average Bonchev–Trinajstić information content (AvgIpc) is 3.15. The highest BCUT2D eigenvalue weighted by Gasteiger charge is 2.42. The largest absolute Gasteiger partial charge is 0.463 e. The van der Waals surface area contributed by atoms with Gasteiger partial charge in [-0.15, -0.1) is 0 Å². The maximum absolute atomic E-state index is 14.1. The summed E-state index contributed by atoms with van der Waals surface area (Å²) in [5.41, 5.74) is 1.43. The summed E-state index contributed by atoms with van der Waals surface area (Å²) in [7, 11) is 0. The van der Waals surface area contributed by atoms with E-state index in [0.717, 1.165) is 10.8 Å². The molecule has 3 N–H and O–H groups in total. The van der Waals surface area contributed by atoms with Gasteiger partial charge in [0.15, 0.2) is 17.9 Å². The lowest BCUT2D eigenvalue weighted by Crippen LogP contribution is -2.35. The molecule has 0 unspecified atom stereocenters. The van der Waals surface area contributed by atoms with Gasteiger partial charge in [-0.1, -0.05) is 0 Å². The number of anilines is 1. The minimum Gasteiger partial charge on any atom is -0.463 e. The summed E-state index contributed by atoms with van der Waals surface area (Å²) in [4.78, 5) is 15.6. The van der Waals surface area contributed by atoms with Crippen LogP contribution in [0.15, 0.2) is 38.9 Å². The lowest BCUT2D eigenvalue weighted by atomic mass is 10.1. The molecule has 9 nitrogen and oxygen atoms in total. The molecule has 3 rings (SSSR count). The van der Waals surface area contributed by atoms with Crippen molar-refractivity contribution in [1.29, 1.82) is 0 Å². The smallest absolute Gasteiger partial charge is 0.351 e. The van der Waals surface area contributed by atoms with Gasteiger partial charge in [0.05, 0.1) is 24.8 Å². The number of furan rings is 1. The number of ether oxygens (including phenoxy) is 1. The number of hydrogen-bond donors (Lipinski definition) is 3. The van der Waals surface area contributed by atoms with E-state index in [1.54, 1.807) is 12.1 Å². The number of nitrogens with one attached hydrogen (secondary N) is 1. The first-order chi connectivity index (χ1) is 11.5. The second-order valence-corrected chi connectivity index (χ2v) is 5.23. The van der Waals surface area contributed by atoms with Crippen LogP contribution in [0, 0.1) is 5.82 Å². The predicted octanol–water partition coefficient (Wildman–Crippen LogP) is 0.0605. The predicted molar refractivity (Wildman–Crippen MR) is 80.0 cm³/mol. The molecule has 0 amide bonds. The molecule has 0 radical (unpaired) electrons. The fourth-order valence-electron chi connectivity index (χ4n) is 2.29. The van der Waals surface area contributed by atoms with E-state index >= 15 is 0 Å². The van der Waals surface area contributed by atoms with Crippen molar-refractivity contribution < 1.29 is 23.8 Å². The molecule has 1 aliphatic heterocycles. The van der Waals surface area contributed by atoms with Crippen LogP contribution < -0.4 is 11.1 Å². The van der Waals surface area contributed by atoms with Crippen molar-refractivity contribution in [2.24, 2.45) is 5.10 Å². The second kappa shape index (κ2) is 6.51. The van der Waals surface area contributed by atoms with Crippen molar-refractivity contribution >= 4 is 12.0 Å². The number of hydrazone groups is 1. The Bertz CT molecular complexity index is 791. The Labute approximate surface area is 135 Å². The topological polar surface area (TPSA) is 122 Å². The summed E-state index contributed by atoms with van der Waals surface area (Å²) in [5, 5.41) is 23.3. The highest BCUT2D eigenvalue weighted by atomic mass is 19.1. The van der Waals surface area contributed by atoms with Crippen molar-refractivity contribution in [3.8, 4) is 0 Å². The van der Waals surface area contributed by atoms with Crippen LogP contribution >= 0.6 is 0 Å². The average molecular weight is 338 g/mol. The Kier molecular flexibility index (Phi) is 4.42. The highest BCUT2D eigenvalue weighted by molar-refractivity contribution is 5.76. The fourth-order valence-corrected chi connectivity index (χ4v) is 2.29. The van der Waals surface area contributed by atoms with Gasteiger partial charge in [-0.3, -0.25) is 9.99 Å². The van der Waals surface area contributed by atoms with Gasteiger partial charge in [0.1, 0.15) is 18.0 Å². The van der Waals surface area contributed by atoms with Crippen molar-refractivity contribution in [1.82, 2.24) is 9.55 Å². The summed E-state index contributed by atoms with van der Waals surface area (Å²) >= 11 is 0. The monoisotopic (exact) mass is 338 g/mol. The molecule has 2 aromatic heterocycles.